The molecular formula is C21H19FN2O5S. The minimum Gasteiger partial charge on any atom is -0.493 e. The highest BCUT2D eigenvalue weighted by molar-refractivity contribution is 8.18. The molecule has 1 aliphatic rings. The standard InChI is InChI=1S/C21H19FN2O5S/c1-12(20(26)27)29-16-9-4-13(10-17(16)28-3)11-18-19(25)24(2)21(30-18)23-15-7-5-14(22)6-8-15/h4-12H,1-3H3,(H,26,27)/b18-11+,23-21?/t12-/m1/s1. The average Bonchev–Trinajstić information content (AvgIpc) is 2.98. The quantitative estimate of drug-likeness (QED) is 0.699. The van der Waals surface area contributed by atoms with Crippen molar-refractivity contribution in [1.82, 2.24) is 4.90 Å². The first-order valence-corrected chi connectivity index (χ1v) is 9.69. The van der Waals surface area contributed by atoms with Gasteiger partial charge in [-0.3, -0.25) is 9.69 Å². The molecule has 3 rings (SSSR count). The predicted molar refractivity (Wildman–Crippen MR) is 113 cm³/mol. The van der Waals surface area contributed by atoms with E-state index in [9.17, 15) is 14.0 Å². The van der Waals surface area contributed by atoms with E-state index >= 15 is 0 Å². The van der Waals surface area contributed by atoms with Crippen LogP contribution in [0.4, 0.5) is 10.1 Å². The summed E-state index contributed by atoms with van der Waals surface area (Å²) < 4.78 is 23.7. The first-order valence-electron chi connectivity index (χ1n) is 8.88. The summed E-state index contributed by atoms with van der Waals surface area (Å²) in [5.74, 6) is -1.04. The fraction of sp³-hybridized carbons (Fsp3) is 0.190. The first kappa shape index (κ1) is 21.4. The second-order valence-corrected chi connectivity index (χ2v) is 7.36. The second-order valence-electron chi connectivity index (χ2n) is 6.35. The molecule has 9 heteroatoms. The van der Waals surface area contributed by atoms with Crippen LogP contribution >= 0.6 is 11.8 Å². The van der Waals surface area contributed by atoms with Gasteiger partial charge in [0, 0.05) is 7.05 Å². The van der Waals surface area contributed by atoms with E-state index in [-0.39, 0.29) is 17.5 Å². The van der Waals surface area contributed by atoms with Crippen LogP contribution in [0.15, 0.2) is 52.4 Å². The molecule has 2 aromatic rings. The molecule has 1 aliphatic heterocycles. The molecule has 1 N–H and O–H groups in total. The summed E-state index contributed by atoms with van der Waals surface area (Å²) in [5.41, 5.74) is 1.21. The lowest BCUT2D eigenvalue weighted by atomic mass is 10.2. The van der Waals surface area contributed by atoms with Gasteiger partial charge in [-0.05, 0) is 66.7 Å². The number of hydrogen-bond acceptors (Lipinski definition) is 6. The Bertz CT molecular complexity index is 1040. The topological polar surface area (TPSA) is 88.4 Å². The Morgan fingerprint density at radius 1 is 1.23 bits per heavy atom. The zero-order valence-corrected chi connectivity index (χ0v) is 17.3. The summed E-state index contributed by atoms with van der Waals surface area (Å²) >= 11 is 1.20. The van der Waals surface area contributed by atoms with Gasteiger partial charge >= 0.3 is 5.97 Å². The maximum atomic E-state index is 13.1. The number of carboxylic acid groups (broad SMARTS) is 1. The molecule has 0 aromatic heterocycles. The van der Waals surface area contributed by atoms with E-state index < -0.39 is 12.1 Å². The molecule has 156 valence electrons. The Kier molecular flexibility index (Phi) is 6.41. The summed E-state index contributed by atoms with van der Waals surface area (Å²) in [4.78, 5) is 29.8. The Balaban J connectivity index is 1.84. The van der Waals surface area contributed by atoms with Crippen LogP contribution in [-0.2, 0) is 9.59 Å². The van der Waals surface area contributed by atoms with E-state index in [2.05, 4.69) is 4.99 Å². The Labute approximate surface area is 176 Å². The minimum absolute atomic E-state index is 0.223. The zero-order valence-electron chi connectivity index (χ0n) is 16.5. The summed E-state index contributed by atoms with van der Waals surface area (Å²) in [6, 6.07) is 10.6. The van der Waals surface area contributed by atoms with Gasteiger partial charge in [0.15, 0.2) is 22.8 Å². The van der Waals surface area contributed by atoms with Gasteiger partial charge in [-0.15, -0.1) is 0 Å². The molecule has 0 spiro atoms. The number of aliphatic carboxylic acids is 1. The molecule has 0 bridgehead atoms. The van der Waals surface area contributed by atoms with Crippen LogP contribution in [0.2, 0.25) is 0 Å². The first-order chi connectivity index (χ1) is 14.3. The van der Waals surface area contributed by atoms with Crippen molar-refractivity contribution in [3.05, 3.63) is 58.8 Å². The predicted octanol–water partition coefficient (Wildman–Crippen LogP) is 3.92. The van der Waals surface area contributed by atoms with Gasteiger partial charge in [0.05, 0.1) is 17.7 Å². The average molecular weight is 430 g/mol. The van der Waals surface area contributed by atoms with E-state index in [1.807, 2.05) is 0 Å². The Morgan fingerprint density at radius 3 is 2.57 bits per heavy atom. The van der Waals surface area contributed by atoms with E-state index in [1.54, 1.807) is 31.3 Å². The molecule has 0 saturated carbocycles. The number of amidine groups is 1. The van der Waals surface area contributed by atoms with Crippen molar-refractivity contribution in [2.24, 2.45) is 4.99 Å². The fourth-order valence-corrected chi connectivity index (χ4v) is 3.53. The van der Waals surface area contributed by atoms with E-state index in [4.69, 9.17) is 14.6 Å². The number of aliphatic imine (C=N–C) groups is 1. The van der Waals surface area contributed by atoms with Crippen molar-refractivity contribution in [1.29, 1.82) is 0 Å². The maximum Gasteiger partial charge on any atom is 0.344 e. The number of methoxy groups -OCH3 is 1. The zero-order chi connectivity index (χ0) is 21.8. The molecule has 0 radical (unpaired) electrons. The number of carbonyl (C=O) groups excluding carboxylic acids is 1. The molecule has 2 aromatic carbocycles. The van der Waals surface area contributed by atoms with Crippen molar-refractivity contribution >= 4 is 40.6 Å². The molecule has 7 nitrogen and oxygen atoms in total. The molecule has 30 heavy (non-hydrogen) atoms. The van der Waals surface area contributed by atoms with Gasteiger partial charge in [0.1, 0.15) is 5.82 Å². The molecule has 1 amide bonds. The van der Waals surface area contributed by atoms with Crippen LogP contribution in [0.1, 0.15) is 12.5 Å². The number of thioether (sulfide) groups is 1. The van der Waals surface area contributed by atoms with Gasteiger partial charge < -0.3 is 14.6 Å². The lowest BCUT2D eigenvalue weighted by molar-refractivity contribution is -0.144. The van der Waals surface area contributed by atoms with Crippen LogP contribution in [0, 0.1) is 5.82 Å². The minimum atomic E-state index is -1.09. The van der Waals surface area contributed by atoms with Crippen LogP contribution in [-0.4, -0.2) is 47.3 Å². The van der Waals surface area contributed by atoms with Crippen molar-refractivity contribution in [2.75, 3.05) is 14.2 Å². The van der Waals surface area contributed by atoms with Crippen LogP contribution in [0.5, 0.6) is 11.5 Å². The molecule has 0 aliphatic carbocycles. The van der Waals surface area contributed by atoms with Gasteiger partial charge in [0.25, 0.3) is 5.91 Å². The fourth-order valence-electron chi connectivity index (χ4n) is 2.54. The van der Waals surface area contributed by atoms with E-state index in [0.717, 1.165) is 0 Å². The van der Waals surface area contributed by atoms with Crippen LogP contribution in [0.25, 0.3) is 6.08 Å². The number of nitrogens with zero attached hydrogens (tertiary/aromatic N) is 2. The van der Waals surface area contributed by atoms with Gasteiger partial charge in [-0.25, -0.2) is 14.2 Å². The van der Waals surface area contributed by atoms with Crippen molar-refractivity contribution < 1.29 is 28.6 Å². The highest BCUT2D eigenvalue weighted by atomic mass is 32.2. The van der Waals surface area contributed by atoms with Gasteiger partial charge in [-0.1, -0.05) is 6.07 Å². The second kappa shape index (κ2) is 9.00. The number of carbonyl (C=O) groups is 2. The Morgan fingerprint density at radius 2 is 1.93 bits per heavy atom. The van der Waals surface area contributed by atoms with Gasteiger partial charge in [-0.2, -0.15) is 0 Å². The third kappa shape index (κ3) is 4.80. The summed E-state index contributed by atoms with van der Waals surface area (Å²) in [7, 11) is 3.06. The number of ether oxygens (including phenoxy) is 2. The third-order valence-electron chi connectivity index (χ3n) is 4.19. The Hall–Kier alpha value is -3.33. The third-order valence-corrected chi connectivity index (χ3v) is 5.25. The van der Waals surface area contributed by atoms with Crippen molar-refractivity contribution in [3.8, 4) is 11.5 Å². The van der Waals surface area contributed by atoms with E-state index in [1.165, 1.54) is 55.0 Å². The molecular weight excluding hydrogens is 411 g/mol. The lowest BCUT2D eigenvalue weighted by Gasteiger charge is -2.14. The summed E-state index contributed by atoms with van der Waals surface area (Å²) in [6.07, 6.45) is 0.651. The monoisotopic (exact) mass is 430 g/mol. The number of amides is 1. The SMILES string of the molecule is COc1cc(/C=C2/SC(=Nc3ccc(F)cc3)N(C)C2=O)ccc1O[C@H](C)C(=O)O. The van der Waals surface area contributed by atoms with Gasteiger partial charge in [0.2, 0.25) is 0 Å². The summed E-state index contributed by atoms with van der Waals surface area (Å²) in [5, 5.41) is 9.47. The van der Waals surface area contributed by atoms with Crippen LogP contribution in [0.3, 0.4) is 0 Å². The highest BCUT2D eigenvalue weighted by Crippen LogP contribution is 2.35. The lowest BCUT2D eigenvalue weighted by Crippen LogP contribution is -2.23. The van der Waals surface area contributed by atoms with E-state index in [0.29, 0.717) is 27.1 Å². The molecule has 1 heterocycles. The number of benzene rings is 2. The number of hydrogen-bond donors (Lipinski definition) is 1. The van der Waals surface area contributed by atoms with Crippen molar-refractivity contribution in [3.63, 3.8) is 0 Å². The molecule has 1 atom stereocenters. The molecule has 1 saturated heterocycles. The number of halogens is 1. The maximum absolute atomic E-state index is 13.1. The van der Waals surface area contributed by atoms with Crippen LogP contribution < -0.4 is 9.47 Å². The number of carboxylic acids is 1. The molecule has 0 unspecified atom stereocenters. The number of rotatable bonds is 6. The highest BCUT2D eigenvalue weighted by Gasteiger charge is 2.30. The largest absolute Gasteiger partial charge is 0.493 e. The van der Waals surface area contributed by atoms with Crippen molar-refractivity contribution in [2.45, 2.75) is 13.0 Å². The normalized spacial score (nSPS) is 17.5. The number of likely N-dealkylation sites (N-methyl/N-ethyl adjacent to an activating group) is 1. The summed E-state index contributed by atoms with van der Waals surface area (Å²) in [6.45, 7) is 1.42. The smallest absolute Gasteiger partial charge is 0.344 e. The molecule has 1 fully saturated rings.